The summed E-state index contributed by atoms with van der Waals surface area (Å²) in [5, 5.41) is 5.96. The molecule has 0 aromatic heterocycles. The predicted octanol–water partition coefficient (Wildman–Crippen LogP) is 1.90. The number of nitrogens with zero attached hydrogens (tertiary/aromatic N) is 2. The maximum Gasteiger partial charge on any atom is 0.238 e. The molecule has 2 aliphatic rings. The number of hydrogen-bond donors (Lipinski definition) is 2. The maximum atomic E-state index is 12.2. The number of amides is 2. The molecule has 2 heterocycles. The Balaban J connectivity index is 1.38. The first kappa shape index (κ1) is 19.5. The minimum atomic E-state index is -0.402. The van der Waals surface area contributed by atoms with Crippen molar-refractivity contribution < 1.29 is 9.59 Å². The Kier molecular flexibility index (Phi) is 6.80. The molecule has 1 atom stereocenters. The zero-order valence-corrected chi connectivity index (χ0v) is 16.5. The molecule has 2 amide bonds. The largest absolute Gasteiger partial charge is 0.356 e. The molecule has 0 saturated carbocycles. The number of anilines is 1. The lowest BCUT2D eigenvalue weighted by atomic mass is 10.2. The number of carbonyl (C=O) groups is 2. The Morgan fingerprint density at radius 1 is 1.35 bits per heavy atom. The van der Waals surface area contributed by atoms with Gasteiger partial charge in [-0.15, -0.1) is 11.8 Å². The van der Waals surface area contributed by atoms with E-state index < -0.39 is 5.25 Å². The van der Waals surface area contributed by atoms with Gasteiger partial charge in [0, 0.05) is 49.1 Å². The monoisotopic (exact) mass is 396 g/mol. The summed E-state index contributed by atoms with van der Waals surface area (Å²) in [7, 11) is 2.14. The zero-order valence-electron chi connectivity index (χ0n) is 15.0. The summed E-state index contributed by atoms with van der Waals surface area (Å²) in [5.74, 6) is -0.217. The van der Waals surface area contributed by atoms with E-state index in [9.17, 15) is 9.59 Å². The van der Waals surface area contributed by atoms with Gasteiger partial charge in [-0.1, -0.05) is 11.6 Å². The van der Waals surface area contributed by atoms with Gasteiger partial charge in [-0.05, 0) is 38.2 Å². The van der Waals surface area contributed by atoms with E-state index in [0.29, 0.717) is 11.6 Å². The molecule has 1 aromatic rings. The maximum absolute atomic E-state index is 12.2. The molecule has 3 rings (SSSR count). The van der Waals surface area contributed by atoms with Crippen LogP contribution in [0.5, 0.6) is 0 Å². The number of thioether (sulfide) groups is 1. The third-order valence-electron chi connectivity index (χ3n) is 4.70. The molecule has 1 fully saturated rings. The molecular formula is C18H25ClN4O2S. The smallest absolute Gasteiger partial charge is 0.238 e. The first-order valence-corrected chi connectivity index (χ1v) is 10.2. The number of benzene rings is 1. The van der Waals surface area contributed by atoms with Gasteiger partial charge in [0.15, 0.2) is 0 Å². The van der Waals surface area contributed by atoms with Gasteiger partial charge in [0.25, 0.3) is 0 Å². The van der Waals surface area contributed by atoms with Crippen LogP contribution in [0.15, 0.2) is 23.1 Å². The fourth-order valence-corrected chi connectivity index (χ4v) is 4.36. The summed E-state index contributed by atoms with van der Waals surface area (Å²) in [4.78, 5) is 30.1. The molecule has 142 valence electrons. The van der Waals surface area contributed by atoms with Crippen LogP contribution in [-0.2, 0) is 9.59 Å². The van der Waals surface area contributed by atoms with Gasteiger partial charge in [0.1, 0.15) is 0 Å². The lowest BCUT2D eigenvalue weighted by Crippen LogP contribution is -2.45. The second kappa shape index (κ2) is 9.08. The summed E-state index contributed by atoms with van der Waals surface area (Å²) >= 11 is 7.37. The fourth-order valence-electron chi connectivity index (χ4n) is 3.10. The summed E-state index contributed by atoms with van der Waals surface area (Å²) in [6.45, 7) is 6.04. The van der Waals surface area contributed by atoms with Gasteiger partial charge in [0.2, 0.25) is 11.8 Å². The summed E-state index contributed by atoms with van der Waals surface area (Å²) in [6, 6.07) is 5.40. The van der Waals surface area contributed by atoms with Crippen LogP contribution >= 0.6 is 23.4 Å². The van der Waals surface area contributed by atoms with E-state index >= 15 is 0 Å². The molecule has 0 spiro atoms. The number of hydrogen-bond acceptors (Lipinski definition) is 5. The molecular weight excluding hydrogens is 372 g/mol. The van der Waals surface area contributed by atoms with E-state index in [1.165, 1.54) is 11.8 Å². The van der Waals surface area contributed by atoms with Gasteiger partial charge in [-0.2, -0.15) is 0 Å². The number of halogens is 1. The number of rotatable bonds is 6. The normalized spacial score (nSPS) is 21.2. The van der Waals surface area contributed by atoms with Crippen LogP contribution in [0.25, 0.3) is 0 Å². The average molecular weight is 397 g/mol. The number of likely N-dealkylation sites (N-methyl/N-ethyl adjacent to an activating group) is 1. The van der Waals surface area contributed by atoms with Crippen molar-refractivity contribution in [2.24, 2.45) is 0 Å². The number of carbonyl (C=O) groups excluding carboxylic acids is 2. The third kappa shape index (κ3) is 5.36. The zero-order chi connectivity index (χ0) is 18.5. The molecule has 0 radical (unpaired) electrons. The molecule has 0 bridgehead atoms. The first-order valence-electron chi connectivity index (χ1n) is 8.96. The van der Waals surface area contributed by atoms with E-state index in [2.05, 4.69) is 27.5 Å². The standard InChI is InChI=1S/C18H25ClN4O2S/c1-22-7-9-23(10-8-22)6-2-5-20-17(24)12-16-18(25)21-14-11-13(19)3-4-15(14)26-16/h3-4,11,16H,2,5-10,12H2,1H3,(H,20,24)(H,21,25). The lowest BCUT2D eigenvalue weighted by Gasteiger charge is -2.32. The second-order valence-electron chi connectivity index (χ2n) is 6.79. The molecule has 2 N–H and O–H groups in total. The fraction of sp³-hybridized carbons (Fsp3) is 0.556. The Labute approximate surface area is 163 Å². The molecule has 26 heavy (non-hydrogen) atoms. The van der Waals surface area contributed by atoms with Crippen LogP contribution < -0.4 is 10.6 Å². The van der Waals surface area contributed by atoms with Crippen molar-refractivity contribution >= 4 is 40.9 Å². The molecule has 1 aromatic carbocycles. The SMILES string of the molecule is CN1CCN(CCCNC(=O)CC2Sc3ccc(Cl)cc3NC2=O)CC1. The lowest BCUT2D eigenvalue weighted by molar-refractivity contribution is -0.124. The van der Waals surface area contributed by atoms with Crippen molar-refractivity contribution in [1.29, 1.82) is 0 Å². The number of fused-ring (bicyclic) bond motifs is 1. The van der Waals surface area contributed by atoms with Crippen LogP contribution in [0.2, 0.25) is 5.02 Å². The van der Waals surface area contributed by atoms with E-state index in [1.54, 1.807) is 12.1 Å². The first-order chi connectivity index (χ1) is 12.5. The summed E-state index contributed by atoms with van der Waals surface area (Å²) in [6.07, 6.45) is 1.12. The highest BCUT2D eigenvalue weighted by Gasteiger charge is 2.29. The van der Waals surface area contributed by atoms with Crippen molar-refractivity contribution in [2.45, 2.75) is 23.0 Å². The quantitative estimate of drug-likeness (QED) is 0.719. The van der Waals surface area contributed by atoms with Crippen LogP contribution in [-0.4, -0.2) is 73.2 Å². The average Bonchev–Trinajstić information content (AvgIpc) is 2.61. The minimum absolute atomic E-state index is 0.0755. The minimum Gasteiger partial charge on any atom is -0.356 e. The highest BCUT2D eigenvalue weighted by molar-refractivity contribution is 8.01. The molecule has 1 unspecified atom stereocenters. The molecule has 6 nitrogen and oxygen atoms in total. The van der Waals surface area contributed by atoms with E-state index in [-0.39, 0.29) is 18.2 Å². The van der Waals surface area contributed by atoms with E-state index in [4.69, 9.17) is 11.6 Å². The summed E-state index contributed by atoms with van der Waals surface area (Å²) < 4.78 is 0. The van der Waals surface area contributed by atoms with E-state index in [0.717, 1.165) is 49.7 Å². The molecule has 1 saturated heterocycles. The Bertz CT molecular complexity index is 665. The van der Waals surface area contributed by atoms with Crippen molar-refractivity contribution in [1.82, 2.24) is 15.1 Å². The van der Waals surface area contributed by atoms with Gasteiger partial charge in [-0.3, -0.25) is 9.59 Å². The number of piperazine rings is 1. The summed E-state index contributed by atoms with van der Waals surface area (Å²) in [5.41, 5.74) is 0.719. The molecule has 8 heteroatoms. The van der Waals surface area contributed by atoms with Gasteiger partial charge in [-0.25, -0.2) is 0 Å². The Morgan fingerprint density at radius 2 is 2.12 bits per heavy atom. The van der Waals surface area contributed by atoms with Crippen LogP contribution in [0, 0.1) is 0 Å². The van der Waals surface area contributed by atoms with Crippen molar-refractivity contribution in [3.63, 3.8) is 0 Å². The topological polar surface area (TPSA) is 64.7 Å². The van der Waals surface area contributed by atoms with Gasteiger partial charge in [0.05, 0.1) is 10.9 Å². The van der Waals surface area contributed by atoms with Crippen LogP contribution in [0.3, 0.4) is 0 Å². The molecule has 2 aliphatic heterocycles. The highest BCUT2D eigenvalue weighted by Crippen LogP contribution is 2.38. The van der Waals surface area contributed by atoms with Crippen LogP contribution in [0.1, 0.15) is 12.8 Å². The van der Waals surface area contributed by atoms with Crippen LogP contribution in [0.4, 0.5) is 5.69 Å². The van der Waals surface area contributed by atoms with Crippen molar-refractivity contribution in [2.75, 3.05) is 51.6 Å². The van der Waals surface area contributed by atoms with Gasteiger partial charge < -0.3 is 20.4 Å². The van der Waals surface area contributed by atoms with Crippen molar-refractivity contribution in [3.8, 4) is 0 Å². The van der Waals surface area contributed by atoms with E-state index in [1.807, 2.05) is 6.07 Å². The Morgan fingerprint density at radius 3 is 2.88 bits per heavy atom. The highest BCUT2D eigenvalue weighted by atomic mass is 35.5. The second-order valence-corrected chi connectivity index (χ2v) is 8.47. The third-order valence-corrected chi connectivity index (χ3v) is 6.21. The Hall–Kier alpha value is -1.28. The van der Waals surface area contributed by atoms with Crippen molar-refractivity contribution in [3.05, 3.63) is 23.2 Å². The molecule has 0 aliphatic carbocycles. The predicted molar refractivity (Wildman–Crippen MR) is 106 cm³/mol. The van der Waals surface area contributed by atoms with Gasteiger partial charge >= 0.3 is 0 Å². The number of nitrogens with one attached hydrogen (secondary N) is 2.